The van der Waals surface area contributed by atoms with Crippen LogP contribution in [0.5, 0.6) is 0 Å². The number of nitrogens with one attached hydrogen (secondary N) is 2. The lowest BCUT2D eigenvalue weighted by atomic mass is 10.0. The molecule has 7 heteroatoms. The molecule has 2 N–H and O–H groups in total. The normalized spacial score (nSPS) is 12.4. The summed E-state index contributed by atoms with van der Waals surface area (Å²) in [6, 6.07) is 10.6. The second kappa shape index (κ2) is 8.34. The second-order valence-corrected chi connectivity index (χ2v) is 7.87. The molecule has 0 aliphatic heterocycles. The molecule has 2 amide bonds. The third-order valence-corrected chi connectivity index (χ3v) is 4.47. The standard InChI is InChI=1S/C22H26N4O3/c1-22(2,3)29-21(28)25-19(20(27)26(4)16-9-11-23-12-10-16)13-15-14-24-18-8-6-5-7-17(15)18/h5-12,14,19,24H,13H2,1-4H3,(H,25,28)/t19-/m0/s1. The molecule has 0 unspecified atom stereocenters. The molecule has 1 aromatic carbocycles. The molecule has 3 aromatic rings. The van der Waals surface area contributed by atoms with E-state index in [2.05, 4.69) is 15.3 Å². The number of aromatic amines is 1. The topological polar surface area (TPSA) is 87.3 Å². The van der Waals surface area contributed by atoms with Crippen LogP contribution in [0.2, 0.25) is 0 Å². The number of aromatic nitrogens is 2. The Hall–Kier alpha value is -3.35. The molecule has 0 spiro atoms. The second-order valence-electron chi connectivity index (χ2n) is 7.87. The van der Waals surface area contributed by atoms with Gasteiger partial charge < -0.3 is 19.9 Å². The van der Waals surface area contributed by atoms with Crippen LogP contribution in [-0.2, 0) is 16.0 Å². The maximum absolute atomic E-state index is 13.2. The number of carbonyl (C=O) groups is 2. The van der Waals surface area contributed by atoms with Crippen molar-refractivity contribution in [3.8, 4) is 0 Å². The third kappa shape index (κ3) is 5.13. The van der Waals surface area contributed by atoms with Crippen molar-refractivity contribution in [1.82, 2.24) is 15.3 Å². The van der Waals surface area contributed by atoms with Crippen LogP contribution in [0.15, 0.2) is 55.0 Å². The predicted octanol–water partition coefficient (Wildman–Crippen LogP) is 3.66. The highest BCUT2D eigenvalue weighted by Crippen LogP contribution is 2.21. The van der Waals surface area contributed by atoms with Gasteiger partial charge in [-0.3, -0.25) is 9.78 Å². The fourth-order valence-electron chi connectivity index (χ4n) is 3.10. The van der Waals surface area contributed by atoms with E-state index in [1.165, 1.54) is 4.90 Å². The summed E-state index contributed by atoms with van der Waals surface area (Å²) in [6.45, 7) is 5.35. The first kappa shape index (κ1) is 20.4. The lowest BCUT2D eigenvalue weighted by Gasteiger charge is -2.26. The van der Waals surface area contributed by atoms with E-state index in [4.69, 9.17) is 4.74 Å². The summed E-state index contributed by atoms with van der Waals surface area (Å²) < 4.78 is 5.37. The molecule has 0 radical (unpaired) electrons. The number of benzene rings is 1. The molecular formula is C22H26N4O3. The van der Waals surface area contributed by atoms with E-state index in [0.29, 0.717) is 12.1 Å². The first-order valence-electron chi connectivity index (χ1n) is 9.47. The number of anilines is 1. The van der Waals surface area contributed by atoms with Crippen molar-refractivity contribution < 1.29 is 14.3 Å². The minimum absolute atomic E-state index is 0.243. The quantitative estimate of drug-likeness (QED) is 0.691. The number of para-hydroxylation sites is 1. The number of likely N-dealkylation sites (N-methyl/N-ethyl adjacent to an activating group) is 1. The minimum atomic E-state index is -0.790. The Kier molecular flexibility index (Phi) is 5.87. The molecule has 2 aromatic heterocycles. The number of H-pyrrole nitrogens is 1. The maximum Gasteiger partial charge on any atom is 0.408 e. The van der Waals surface area contributed by atoms with E-state index in [1.54, 1.807) is 52.3 Å². The van der Waals surface area contributed by atoms with Gasteiger partial charge in [0.05, 0.1) is 0 Å². The van der Waals surface area contributed by atoms with E-state index in [9.17, 15) is 9.59 Å². The monoisotopic (exact) mass is 394 g/mol. The molecule has 0 fully saturated rings. The van der Waals surface area contributed by atoms with Crippen LogP contribution in [0.4, 0.5) is 10.5 Å². The van der Waals surface area contributed by atoms with Gasteiger partial charge in [0, 0.05) is 48.6 Å². The van der Waals surface area contributed by atoms with Gasteiger partial charge in [-0.25, -0.2) is 4.79 Å². The molecule has 7 nitrogen and oxygen atoms in total. The Morgan fingerprint density at radius 1 is 1.17 bits per heavy atom. The van der Waals surface area contributed by atoms with Crippen LogP contribution in [-0.4, -0.2) is 40.7 Å². The summed E-state index contributed by atoms with van der Waals surface area (Å²) >= 11 is 0. The molecule has 152 valence electrons. The van der Waals surface area contributed by atoms with Gasteiger partial charge in [0.2, 0.25) is 5.91 Å². The van der Waals surface area contributed by atoms with Crippen molar-refractivity contribution in [2.75, 3.05) is 11.9 Å². The van der Waals surface area contributed by atoms with Gasteiger partial charge in [-0.2, -0.15) is 0 Å². The van der Waals surface area contributed by atoms with Gasteiger partial charge in [-0.05, 0) is 44.5 Å². The van der Waals surface area contributed by atoms with Gasteiger partial charge in [-0.1, -0.05) is 18.2 Å². The molecule has 0 aliphatic carbocycles. The number of fused-ring (bicyclic) bond motifs is 1. The van der Waals surface area contributed by atoms with E-state index in [0.717, 1.165) is 16.5 Å². The van der Waals surface area contributed by atoms with Crippen LogP contribution in [0, 0.1) is 0 Å². The third-order valence-electron chi connectivity index (χ3n) is 4.47. The van der Waals surface area contributed by atoms with E-state index < -0.39 is 17.7 Å². The number of nitrogens with zero attached hydrogens (tertiary/aromatic N) is 2. The molecule has 2 heterocycles. The molecule has 0 bridgehead atoms. The summed E-state index contributed by atoms with van der Waals surface area (Å²) in [6.07, 6.45) is 4.81. The highest BCUT2D eigenvalue weighted by molar-refractivity contribution is 5.98. The Balaban J connectivity index is 1.86. The van der Waals surface area contributed by atoms with Crippen molar-refractivity contribution in [3.05, 3.63) is 60.6 Å². The average Bonchev–Trinajstić information content (AvgIpc) is 3.08. The number of alkyl carbamates (subject to hydrolysis) is 1. The van der Waals surface area contributed by atoms with Crippen molar-refractivity contribution in [3.63, 3.8) is 0 Å². The minimum Gasteiger partial charge on any atom is -0.444 e. The number of hydrogen-bond donors (Lipinski definition) is 2. The molecule has 1 atom stereocenters. The number of ether oxygens (including phenoxy) is 1. The summed E-state index contributed by atoms with van der Waals surface area (Å²) in [5.41, 5.74) is 1.96. The Morgan fingerprint density at radius 3 is 2.55 bits per heavy atom. The van der Waals surface area contributed by atoms with E-state index >= 15 is 0 Å². The Labute approximate surface area is 170 Å². The summed E-state index contributed by atoms with van der Waals surface area (Å²) in [5.74, 6) is -0.243. The highest BCUT2D eigenvalue weighted by Gasteiger charge is 2.28. The van der Waals surface area contributed by atoms with Crippen molar-refractivity contribution >= 4 is 28.6 Å². The highest BCUT2D eigenvalue weighted by atomic mass is 16.6. The van der Waals surface area contributed by atoms with E-state index in [-0.39, 0.29) is 5.91 Å². The molecule has 3 rings (SSSR count). The van der Waals surface area contributed by atoms with Gasteiger partial charge in [0.1, 0.15) is 11.6 Å². The van der Waals surface area contributed by atoms with Gasteiger partial charge in [0.25, 0.3) is 0 Å². The first-order valence-corrected chi connectivity index (χ1v) is 9.47. The number of pyridine rings is 1. The van der Waals surface area contributed by atoms with Crippen LogP contribution >= 0.6 is 0 Å². The SMILES string of the molecule is CN(C(=O)[C@H](Cc1c[nH]c2ccccc12)NC(=O)OC(C)(C)C)c1ccncc1. The predicted molar refractivity (Wildman–Crippen MR) is 113 cm³/mol. The van der Waals surface area contributed by atoms with Crippen molar-refractivity contribution in [2.45, 2.75) is 38.8 Å². The zero-order chi connectivity index (χ0) is 21.0. The zero-order valence-corrected chi connectivity index (χ0v) is 17.1. The molecule has 0 saturated heterocycles. The smallest absolute Gasteiger partial charge is 0.408 e. The van der Waals surface area contributed by atoms with Gasteiger partial charge in [0.15, 0.2) is 0 Å². The lowest BCUT2D eigenvalue weighted by Crippen LogP contribution is -2.50. The van der Waals surface area contributed by atoms with Gasteiger partial charge in [-0.15, -0.1) is 0 Å². The Bertz CT molecular complexity index is 992. The number of hydrogen-bond acceptors (Lipinski definition) is 4. The van der Waals surface area contributed by atoms with Crippen LogP contribution in [0.1, 0.15) is 26.3 Å². The number of amides is 2. The Morgan fingerprint density at radius 2 is 1.86 bits per heavy atom. The number of rotatable bonds is 5. The summed E-state index contributed by atoms with van der Waals surface area (Å²) in [4.78, 5) is 34.3. The molecular weight excluding hydrogens is 368 g/mol. The zero-order valence-electron chi connectivity index (χ0n) is 17.1. The average molecular weight is 394 g/mol. The molecule has 0 aliphatic rings. The van der Waals surface area contributed by atoms with Crippen molar-refractivity contribution in [2.24, 2.45) is 0 Å². The largest absolute Gasteiger partial charge is 0.444 e. The van der Waals surface area contributed by atoms with E-state index in [1.807, 2.05) is 30.5 Å². The van der Waals surface area contributed by atoms with Crippen molar-refractivity contribution in [1.29, 1.82) is 0 Å². The fraction of sp³-hybridized carbons (Fsp3) is 0.318. The first-order chi connectivity index (χ1) is 13.7. The lowest BCUT2D eigenvalue weighted by molar-refractivity contribution is -0.120. The molecule has 29 heavy (non-hydrogen) atoms. The number of carbonyl (C=O) groups excluding carboxylic acids is 2. The van der Waals surface area contributed by atoms with Crippen LogP contribution in [0.25, 0.3) is 10.9 Å². The molecule has 0 saturated carbocycles. The summed E-state index contributed by atoms with van der Waals surface area (Å²) in [5, 5.41) is 3.76. The van der Waals surface area contributed by atoms with Crippen LogP contribution < -0.4 is 10.2 Å². The fourth-order valence-corrected chi connectivity index (χ4v) is 3.10. The van der Waals surface area contributed by atoms with Gasteiger partial charge >= 0.3 is 6.09 Å². The maximum atomic E-state index is 13.2. The summed E-state index contributed by atoms with van der Waals surface area (Å²) in [7, 11) is 1.68. The van der Waals surface area contributed by atoms with Crippen LogP contribution in [0.3, 0.4) is 0 Å².